The zero-order valence-corrected chi connectivity index (χ0v) is 6.18. The zero-order valence-electron chi connectivity index (χ0n) is 4.60. The Morgan fingerprint density at radius 1 is 1.62 bits per heavy atom. The third kappa shape index (κ3) is 2.82. The van der Waals surface area contributed by atoms with Crippen LogP contribution in [0.5, 0.6) is 0 Å². The molecule has 0 aliphatic carbocycles. The van der Waals surface area contributed by atoms with E-state index in [2.05, 4.69) is 20.9 Å². The largest absolute Gasteiger partial charge is 0.472 e. The highest BCUT2D eigenvalue weighted by atomic mass is 79.9. The highest BCUT2D eigenvalue weighted by Gasteiger charge is 1.75. The van der Waals surface area contributed by atoms with Crippen LogP contribution >= 0.6 is 16.1 Å². The van der Waals surface area contributed by atoms with Gasteiger partial charge in [0.05, 0.1) is 12.5 Å². The summed E-state index contributed by atoms with van der Waals surface area (Å²) in [6.07, 6.45) is 3.37. The van der Waals surface area contributed by atoms with Gasteiger partial charge in [0, 0.05) is 16.1 Å². The second-order valence-corrected chi connectivity index (χ2v) is 1.30. The van der Waals surface area contributed by atoms with Gasteiger partial charge in [-0.2, -0.15) is 0 Å². The standard InChI is InChI=1S/C5H6O.BrH2N/c1-5-2-3-6-4-5;1-2/h2-4H,1H3;2H2. The molecule has 1 heterocycles. The topological polar surface area (TPSA) is 39.2 Å². The summed E-state index contributed by atoms with van der Waals surface area (Å²) >= 11 is 2.44. The lowest BCUT2D eigenvalue weighted by Crippen LogP contribution is -1.48. The number of aryl methyl sites for hydroxylation is 1. The molecule has 46 valence electrons. The van der Waals surface area contributed by atoms with E-state index in [1.54, 1.807) is 12.5 Å². The normalized spacial score (nSPS) is 7.38. The first-order valence-corrected chi connectivity index (χ1v) is 3.02. The number of hydrogen-bond donors (Lipinski definition) is 1. The van der Waals surface area contributed by atoms with Gasteiger partial charge in [-0.3, -0.25) is 4.76 Å². The minimum atomic E-state index is 1.18. The third-order valence-corrected chi connectivity index (χ3v) is 0.663. The number of hydrogen-bond acceptors (Lipinski definition) is 2. The number of nitrogens with two attached hydrogens (primary N) is 1. The molecule has 0 aliphatic rings. The van der Waals surface area contributed by atoms with Crippen LogP contribution in [0.25, 0.3) is 0 Å². The molecule has 1 aromatic rings. The van der Waals surface area contributed by atoms with Crippen molar-refractivity contribution in [1.82, 2.24) is 0 Å². The van der Waals surface area contributed by atoms with Crippen LogP contribution in [0.2, 0.25) is 0 Å². The molecule has 8 heavy (non-hydrogen) atoms. The van der Waals surface area contributed by atoms with Crippen LogP contribution in [0.3, 0.4) is 0 Å². The molecule has 0 amide bonds. The molecule has 0 aromatic carbocycles. The second kappa shape index (κ2) is 4.87. The van der Waals surface area contributed by atoms with Crippen molar-refractivity contribution in [2.45, 2.75) is 6.92 Å². The second-order valence-electron chi connectivity index (χ2n) is 1.30. The molecule has 0 aliphatic heterocycles. The fraction of sp³-hybridized carbons (Fsp3) is 0.200. The molecule has 2 N–H and O–H groups in total. The molecule has 0 saturated heterocycles. The predicted octanol–water partition coefficient (Wildman–Crippen LogP) is 1.84. The molecular weight excluding hydrogens is 170 g/mol. The monoisotopic (exact) mass is 177 g/mol. The fourth-order valence-corrected chi connectivity index (χ4v) is 0.333. The Kier molecular flexibility index (Phi) is 4.70. The summed E-state index contributed by atoms with van der Waals surface area (Å²) in [5.74, 6) is 0. The van der Waals surface area contributed by atoms with E-state index in [0.29, 0.717) is 0 Å². The fourth-order valence-electron chi connectivity index (χ4n) is 0.333. The summed E-state index contributed by atoms with van der Waals surface area (Å²) in [6.45, 7) is 1.99. The van der Waals surface area contributed by atoms with Crippen molar-refractivity contribution in [2.75, 3.05) is 0 Å². The summed E-state index contributed by atoms with van der Waals surface area (Å²) in [5, 5.41) is 0. The molecule has 0 radical (unpaired) electrons. The maximum Gasteiger partial charge on any atom is 0.0931 e. The molecule has 1 rings (SSSR count). The van der Waals surface area contributed by atoms with Crippen molar-refractivity contribution in [3.8, 4) is 0 Å². The van der Waals surface area contributed by atoms with Crippen molar-refractivity contribution in [1.29, 1.82) is 0 Å². The van der Waals surface area contributed by atoms with Crippen molar-refractivity contribution in [3.63, 3.8) is 0 Å². The highest BCUT2D eigenvalue weighted by molar-refractivity contribution is 9.07. The van der Waals surface area contributed by atoms with Gasteiger partial charge in [-0.05, 0) is 18.6 Å². The third-order valence-electron chi connectivity index (χ3n) is 0.663. The Hall–Kier alpha value is -0.280. The van der Waals surface area contributed by atoms with E-state index in [4.69, 9.17) is 4.42 Å². The van der Waals surface area contributed by atoms with Gasteiger partial charge in [0.15, 0.2) is 0 Å². The molecule has 0 bridgehead atoms. The smallest absolute Gasteiger partial charge is 0.0931 e. The zero-order chi connectivity index (χ0) is 6.41. The van der Waals surface area contributed by atoms with Crippen molar-refractivity contribution < 1.29 is 4.42 Å². The van der Waals surface area contributed by atoms with E-state index in [1.807, 2.05) is 13.0 Å². The maximum atomic E-state index is 4.71. The Morgan fingerprint density at radius 2 is 2.25 bits per heavy atom. The Labute approximate surface area is 57.0 Å². The summed E-state index contributed by atoms with van der Waals surface area (Å²) in [6, 6.07) is 1.92. The molecule has 2 nitrogen and oxygen atoms in total. The van der Waals surface area contributed by atoms with E-state index in [9.17, 15) is 0 Å². The summed E-state index contributed by atoms with van der Waals surface area (Å²) in [4.78, 5) is 0. The van der Waals surface area contributed by atoms with Gasteiger partial charge in [-0.15, -0.1) is 0 Å². The average molecular weight is 178 g/mol. The van der Waals surface area contributed by atoms with E-state index in [0.717, 1.165) is 0 Å². The lowest BCUT2D eigenvalue weighted by Gasteiger charge is -1.63. The molecule has 0 spiro atoms. The highest BCUT2D eigenvalue weighted by Crippen LogP contribution is 1.93. The van der Waals surface area contributed by atoms with E-state index in [-0.39, 0.29) is 0 Å². The molecule has 0 saturated carbocycles. The van der Waals surface area contributed by atoms with Gasteiger partial charge in [-0.1, -0.05) is 0 Å². The van der Waals surface area contributed by atoms with Gasteiger partial charge in [-0.25, -0.2) is 0 Å². The Balaban J connectivity index is 0.000000222. The SMILES string of the molecule is Cc1ccoc1.NBr. The Bertz CT molecular complexity index is 116. The van der Waals surface area contributed by atoms with Crippen LogP contribution in [0.15, 0.2) is 23.0 Å². The van der Waals surface area contributed by atoms with Gasteiger partial charge >= 0.3 is 0 Å². The van der Waals surface area contributed by atoms with Gasteiger partial charge in [0.1, 0.15) is 0 Å². The molecule has 0 atom stereocenters. The minimum absolute atomic E-state index is 1.18. The van der Waals surface area contributed by atoms with Gasteiger partial charge in [0.2, 0.25) is 0 Å². The lowest BCUT2D eigenvalue weighted by atomic mass is 10.4. The first-order chi connectivity index (χ1) is 3.89. The van der Waals surface area contributed by atoms with Crippen LogP contribution in [0, 0.1) is 6.92 Å². The van der Waals surface area contributed by atoms with Crippen LogP contribution in [0.4, 0.5) is 0 Å². The van der Waals surface area contributed by atoms with Crippen LogP contribution in [-0.2, 0) is 0 Å². The van der Waals surface area contributed by atoms with Crippen molar-refractivity contribution >= 4 is 16.1 Å². The van der Waals surface area contributed by atoms with Crippen molar-refractivity contribution in [3.05, 3.63) is 24.2 Å². The molecule has 1 aromatic heterocycles. The quantitative estimate of drug-likeness (QED) is 0.615. The first kappa shape index (κ1) is 7.72. The molecule has 0 unspecified atom stereocenters. The molecular formula is C5H8BrNO. The van der Waals surface area contributed by atoms with Crippen molar-refractivity contribution in [2.24, 2.45) is 4.76 Å². The number of furan rings is 1. The molecule has 3 heteroatoms. The van der Waals surface area contributed by atoms with E-state index in [1.165, 1.54) is 5.56 Å². The average Bonchev–Trinajstić information content (AvgIpc) is 2.24. The summed E-state index contributed by atoms with van der Waals surface area (Å²) < 4.78 is 9.03. The van der Waals surface area contributed by atoms with Crippen LogP contribution < -0.4 is 4.76 Å². The van der Waals surface area contributed by atoms with Gasteiger partial charge in [0.25, 0.3) is 0 Å². The number of rotatable bonds is 0. The summed E-state index contributed by atoms with van der Waals surface area (Å²) in [5.41, 5.74) is 1.18. The van der Waals surface area contributed by atoms with Crippen LogP contribution in [-0.4, -0.2) is 0 Å². The minimum Gasteiger partial charge on any atom is -0.472 e. The Morgan fingerprint density at radius 3 is 2.38 bits per heavy atom. The number of halogens is 1. The van der Waals surface area contributed by atoms with Gasteiger partial charge < -0.3 is 4.42 Å². The lowest BCUT2D eigenvalue weighted by molar-refractivity contribution is 0.565. The molecule has 0 fully saturated rings. The summed E-state index contributed by atoms with van der Waals surface area (Å²) in [7, 11) is 0. The van der Waals surface area contributed by atoms with E-state index < -0.39 is 0 Å². The van der Waals surface area contributed by atoms with Crippen LogP contribution in [0.1, 0.15) is 5.56 Å². The maximum absolute atomic E-state index is 4.71. The first-order valence-electron chi connectivity index (χ1n) is 2.10. The van der Waals surface area contributed by atoms with E-state index >= 15 is 0 Å². The predicted molar refractivity (Wildman–Crippen MR) is 36.6 cm³/mol.